The van der Waals surface area contributed by atoms with Crippen LogP contribution in [-0.4, -0.2) is 19.6 Å². The van der Waals surface area contributed by atoms with Crippen LogP contribution in [0.1, 0.15) is 5.69 Å². The van der Waals surface area contributed by atoms with Crippen molar-refractivity contribution < 1.29 is 0 Å². The summed E-state index contributed by atoms with van der Waals surface area (Å²) < 4.78 is 1.57. The Hall–Kier alpha value is -1.85. The molecule has 2 heterocycles. The maximum atomic E-state index is 5.56. The van der Waals surface area contributed by atoms with Gasteiger partial charge in [0.05, 0.1) is 11.9 Å². The number of nitrogens with zero attached hydrogens (tertiary/aromatic N) is 4. The molecule has 0 amide bonds. The maximum absolute atomic E-state index is 5.56. The summed E-state index contributed by atoms with van der Waals surface area (Å²) >= 11 is 0. The molecule has 6 heteroatoms. The van der Waals surface area contributed by atoms with Crippen molar-refractivity contribution in [1.82, 2.24) is 19.6 Å². The Balaban J connectivity index is 2.92. The van der Waals surface area contributed by atoms with Crippen molar-refractivity contribution in [3.63, 3.8) is 0 Å². The molecule has 6 nitrogen and oxygen atoms in total. The first-order valence-electron chi connectivity index (χ1n) is 3.42. The number of rotatable bonds is 0. The van der Waals surface area contributed by atoms with E-state index in [1.54, 1.807) is 10.7 Å². The van der Waals surface area contributed by atoms with Gasteiger partial charge in [-0.3, -0.25) is 0 Å². The van der Waals surface area contributed by atoms with Crippen LogP contribution >= 0.6 is 0 Å². The minimum absolute atomic E-state index is 0.154. The van der Waals surface area contributed by atoms with Crippen LogP contribution < -0.4 is 11.5 Å². The van der Waals surface area contributed by atoms with Gasteiger partial charge in [0, 0.05) is 0 Å². The molecule has 62 valence electrons. The number of aromatic nitrogens is 4. The number of hydrogen-bond donors (Lipinski definition) is 2. The molecule has 2 aromatic heterocycles. The molecule has 0 fully saturated rings. The summed E-state index contributed by atoms with van der Waals surface area (Å²) in [5.74, 6) is 0.455. The minimum atomic E-state index is 0.154. The molecule has 4 N–H and O–H groups in total. The Bertz CT molecular complexity index is 431. The van der Waals surface area contributed by atoms with E-state index in [-0.39, 0.29) is 5.95 Å². The van der Waals surface area contributed by atoms with E-state index >= 15 is 0 Å². The largest absolute Gasteiger partial charge is 0.380 e. The van der Waals surface area contributed by atoms with Crippen molar-refractivity contribution in [2.45, 2.75) is 6.92 Å². The van der Waals surface area contributed by atoms with Gasteiger partial charge >= 0.3 is 0 Å². The van der Waals surface area contributed by atoms with Crippen LogP contribution in [0.3, 0.4) is 0 Å². The van der Waals surface area contributed by atoms with Crippen molar-refractivity contribution in [2.24, 2.45) is 0 Å². The molecular formula is C6H8N6. The fraction of sp³-hybridized carbons (Fsp3) is 0.167. The minimum Gasteiger partial charge on any atom is -0.380 e. The monoisotopic (exact) mass is 164 g/mol. The summed E-state index contributed by atoms with van der Waals surface area (Å²) in [6, 6.07) is 0. The zero-order valence-corrected chi connectivity index (χ0v) is 6.52. The van der Waals surface area contributed by atoms with Gasteiger partial charge in [-0.15, -0.1) is 5.10 Å². The molecule has 0 saturated heterocycles. The normalized spacial score (nSPS) is 10.8. The predicted octanol–water partition coefficient (Wildman–Crippen LogP) is -0.403. The SMILES string of the molecule is Cc1cnc2c(N)nc(N)nn12. The molecule has 0 unspecified atom stereocenters. The molecule has 0 saturated carbocycles. The number of imidazole rings is 1. The van der Waals surface area contributed by atoms with Crippen LogP contribution in [0.25, 0.3) is 5.65 Å². The second-order valence-electron chi connectivity index (χ2n) is 2.49. The molecule has 2 rings (SSSR count). The molecule has 0 aromatic carbocycles. The van der Waals surface area contributed by atoms with Gasteiger partial charge in [0.25, 0.3) is 0 Å². The Morgan fingerprint density at radius 2 is 2.17 bits per heavy atom. The van der Waals surface area contributed by atoms with E-state index in [4.69, 9.17) is 11.5 Å². The average Bonchev–Trinajstić information content (AvgIpc) is 2.33. The molecule has 0 bridgehead atoms. The predicted molar refractivity (Wildman–Crippen MR) is 44.3 cm³/mol. The molecule has 2 aromatic rings. The number of fused-ring (bicyclic) bond motifs is 1. The maximum Gasteiger partial charge on any atom is 0.240 e. The van der Waals surface area contributed by atoms with Crippen LogP contribution in [0, 0.1) is 6.92 Å². The molecular weight excluding hydrogens is 156 g/mol. The second kappa shape index (κ2) is 2.07. The Kier molecular flexibility index (Phi) is 1.18. The highest BCUT2D eigenvalue weighted by Crippen LogP contribution is 2.10. The topological polar surface area (TPSA) is 95.1 Å². The van der Waals surface area contributed by atoms with Crippen molar-refractivity contribution in [3.8, 4) is 0 Å². The Morgan fingerprint density at radius 1 is 1.42 bits per heavy atom. The van der Waals surface area contributed by atoms with Crippen molar-refractivity contribution in [2.75, 3.05) is 11.5 Å². The Labute approximate surface area is 68.2 Å². The fourth-order valence-corrected chi connectivity index (χ4v) is 1.03. The molecule has 0 radical (unpaired) electrons. The van der Waals surface area contributed by atoms with Gasteiger partial charge in [0.2, 0.25) is 5.95 Å². The molecule has 0 spiro atoms. The van der Waals surface area contributed by atoms with E-state index in [0.717, 1.165) is 5.69 Å². The molecule has 0 aliphatic heterocycles. The summed E-state index contributed by atoms with van der Waals surface area (Å²) in [5, 5.41) is 3.94. The second-order valence-corrected chi connectivity index (χ2v) is 2.49. The fourth-order valence-electron chi connectivity index (χ4n) is 1.03. The highest BCUT2D eigenvalue weighted by Gasteiger charge is 2.05. The first kappa shape index (κ1) is 6.84. The van der Waals surface area contributed by atoms with E-state index in [1.165, 1.54) is 0 Å². The summed E-state index contributed by atoms with van der Waals surface area (Å²) in [6.07, 6.45) is 1.67. The number of hydrogen-bond acceptors (Lipinski definition) is 5. The van der Waals surface area contributed by atoms with Crippen LogP contribution in [-0.2, 0) is 0 Å². The third-order valence-electron chi connectivity index (χ3n) is 1.57. The van der Waals surface area contributed by atoms with E-state index in [0.29, 0.717) is 11.5 Å². The van der Waals surface area contributed by atoms with Crippen LogP contribution in [0.2, 0.25) is 0 Å². The van der Waals surface area contributed by atoms with E-state index in [1.807, 2.05) is 6.92 Å². The van der Waals surface area contributed by atoms with Crippen molar-refractivity contribution in [1.29, 1.82) is 0 Å². The zero-order valence-electron chi connectivity index (χ0n) is 6.52. The van der Waals surface area contributed by atoms with Gasteiger partial charge in [0.1, 0.15) is 0 Å². The molecule has 12 heavy (non-hydrogen) atoms. The van der Waals surface area contributed by atoms with Crippen molar-refractivity contribution >= 4 is 17.4 Å². The van der Waals surface area contributed by atoms with E-state index < -0.39 is 0 Å². The third-order valence-corrected chi connectivity index (χ3v) is 1.57. The standard InChI is InChI=1S/C6H8N6/c1-3-2-9-5-4(7)10-6(8)11-12(3)5/h2H,1H3,(H4,7,8,10,11). The lowest BCUT2D eigenvalue weighted by Crippen LogP contribution is -2.06. The van der Waals surface area contributed by atoms with Gasteiger partial charge in [0.15, 0.2) is 11.5 Å². The Morgan fingerprint density at radius 3 is 2.92 bits per heavy atom. The van der Waals surface area contributed by atoms with Gasteiger partial charge < -0.3 is 11.5 Å². The lowest BCUT2D eigenvalue weighted by molar-refractivity contribution is 0.885. The summed E-state index contributed by atoms with van der Waals surface area (Å²) in [4.78, 5) is 7.79. The summed E-state index contributed by atoms with van der Waals surface area (Å²) in [5.41, 5.74) is 12.4. The van der Waals surface area contributed by atoms with Crippen LogP contribution in [0.15, 0.2) is 6.20 Å². The average molecular weight is 164 g/mol. The summed E-state index contributed by atoms with van der Waals surface area (Å²) in [7, 11) is 0. The molecule has 0 atom stereocenters. The lowest BCUT2D eigenvalue weighted by atomic mass is 10.6. The van der Waals surface area contributed by atoms with Gasteiger partial charge in [-0.1, -0.05) is 0 Å². The number of anilines is 2. The lowest BCUT2D eigenvalue weighted by Gasteiger charge is -1.98. The first-order valence-corrected chi connectivity index (χ1v) is 3.42. The quantitative estimate of drug-likeness (QED) is 0.552. The summed E-state index contributed by atoms with van der Waals surface area (Å²) in [6.45, 7) is 1.87. The third kappa shape index (κ3) is 0.777. The van der Waals surface area contributed by atoms with E-state index in [9.17, 15) is 0 Å². The number of nitrogen functional groups attached to an aromatic ring is 2. The first-order chi connectivity index (χ1) is 5.68. The van der Waals surface area contributed by atoms with Gasteiger partial charge in [-0.05, 0) is 6.92 Å². The highest BCUT2D eigenvalue weighted by molar-refractivity contribution is 5.60. The highest BCUT2D eigenvalue weighted by atomic mass is 15.3. The molecule has 0 aliphatic rings. The van der Waals surface area contributed by atoms with Gasteiger partial charge in [-0.25, -0.2) is 9.50 Å². The number of aryl methyl sites for hydroxylation is 1. The van der Waals surface area contributed by atoms with Crippen LogP contribution in [0.5, 0.6) is 0 Å². The molecule has 0 aliphatic carbocycles. The zero-order chi connectivity index (χ0) is 8.72. The van der Waals surface area contributed by atoms with E-state index in [2.05, 4.69) is 15.1 Å². The van der Waals surface area contributed by atoms with Crippen LogP contribution in [0.4, 0.5) is 11.8 Å². The van der Waals surface area contributed by atoms with Crippen molar-refractivity contribution in [3.05, 3.63) is 11.9 Å². The van der Waals surface area contributed by atoms with Gasteiger partial charge in [-0.2, -0.15) is 4.98 Å². The number of nitrogens with two attached hydrogens (primary N) is 2. The smallest absolute Gasteiger partial charge is 0.240 e.